The molecule has 0 bridgehead atoms. The normalized spacial score (nSPS) is 14.9. The number of hydrogen-bond donors (Lipinski definition) is 2. The van der Waals surface area contributed by atoms with E-state index >= 15 is 0 Å². The molecule has 0 aliphatic carbocycles. The molecule has 118 valence electrons. The summed E-state index contributed by atoms with van der Waals surface area (Å²) in [7, 11) is 0. The van der Waals surface area contributed by atoms with E-state index in [2.05, 4.69) is 26.1 Å². The zero-order valence-electron chi connectivity index (χ0n) is 14.0. The number of carbonyl (C=O) groups excluding carboxylic acids is 2. The molecule has 0 saturated carbocycles. The summed E-state index contributed by atoms with van der Waals surface area (Å²) in [6.07, 6.45) is 3.31. The second-order valence-electron chi connectivity index (χ2n) is 7.13. The molecule has 0 fully saturated rings. The molecule has 4 heteroatoms. The Morgan fingerprint density at radius 3 is 2.05 bits per heavy atom. The van der Waals surface area contributed by atoms with Crippen molar-refractivity contribution in [2.24, 2.45) is 23.5 Å². The molecule has 0 heterocycles. The van der Waals surface area contributed by atoms with E-state index in [1.165, 1.54) is 0 Å². The SMILES string of the molecule is CCCC[C@H](C(N)=O)C(CC(C)C)C(=O)NC(C)(C)C. The topological polar surface area (TPSA) is 72.2 Å². The highest BCUT2D eigenvalue weighted by Crippen LogP contribution is 2.26. The van der Waals surface area contributed by atoms with E-state index in [1.807, 2.05) is 20.8 Å². The maximum atomic E-state index is 12.5. The third-order valence-corrected chi connectivity index (χ3v) is 3.28. The Balaban J connectivity index is 5.07. The van der Waals surface area contributed by atoms with Crippen molar-refractivity contribution >= 4 is 11.8 Å². The monoisotopic (exact) mass is 284 g/mol. The van der Waals surface area contributed by atoms with Crippen LogP contribution in [0.1, 0.15) is 67.2 Å². The molecule has 2 amide bonds. The third kappa shape index (κ3) is 7.51. The van der Waals surface area contributed by atoms with E-state index in [0.29, 0.717) is 18.8 Å². The van der Waals surface area contributed by atoms with Crippen molar-refractivity contribution in [1.82, 2.24) is 5.32 Å². The minimum absolute atomic E-state index is 0.0499. The average molecular weight is 284 g/mol. The van der Waals surface area contributed by atoms with E-state index in [0.717, 1.165) is 12.8 Å². The smallest absolute Gasteiger partial charge is 0.224 e. The van der Waals surface area contributed by atoms with Gasteiger partial charge in [0.15, 0.2) is 0 Å². The third-order valence-electron chi connectivity index (χ3n) is 3.28. The second-order valence-corrected chi connectivity index (χ2v) is 7.13. The average Bonchev–Trinajstić information content (AvgIpc) is 2.24. The summed E-state index contributed by atoms with van der Waals surface area (Å²) in [5.41, 5.74) is 5.24. The first-order valence-corrected chi connectivity index (χ1v) is 7.69. The van der Waals surface area contributed by atoms with Crippen LogP contribution in [0, 0.1) is 17.8 Å². The molecule has 0 aliphatic rings. The van der Waals surface area contributed by atoms with Gasteiger partial charge >= 0.3 is 0 Å². The van der Waals surface area contributed by atoms with Gasteiger partial charge in [-0.05, 0) is 39.5 Å². The maximum Gasteiger partial charge on any atom is 0.224 e. The lowest BCUT2D eigenvalue weighted by molar-refractivity contribution is -0.135. The van der Waals surface area contributed by atoms with Crippen molar-refractivity contribution in [3.63, 3.8) is 0 Å². The Kier molecular flexibility index (Phi) is 7.84. The fraction of sp³-hybridized carbons (Fsp3) is 0.875. The van der Waals surface area contributed by atoms with Crippen molar-refractivity contribution in [3.8, 4) is 0 Å². The lowest BCUT2D eigenvalue weighted by atomic mass is 9.81. The summed E-state index contributed by atoms with van der Waals surface area (Å²) in [5.74, 6) is -0.730. The van der Waals surface area contributed by atoms with Crippen LogP contribution < -0.4 is 11.1 Å². The molecule has 0 rings (SSSR count). The first-order valence-electron chi connectivity index (χ1n) is 7.69. The van der Waals surface area contributed by atoms with Gasteiger partial charge < -0.3 is 11.1 Å². The van der Waals surface area contributed by atoms with Crippen LogP contribution in [-0.4, -0.2) is 17.4 Å². The highest BCUT2D eigenvalue weighted by Gasteiger charge is 2.33. The molecular weight excluding hydrogens is 252 g/mol. The van der Waals surface area contributed by atoms with Gasteiger partial charge in [0.2, 0.25) is 11.8 Å². The van der Waals surface area contributed by atoms with Gasteiger partial charge in [0, 0.05) is 17.4 Å². The first kappa shape index (κ1) is 18.9. The van der Waals surface area contributed by atoms with Gasteiger partial charge in [0.25, 0.3) is 0 Å². The molecule has 0 aromatic carbocycles. The Morgan fingerprint density at radius 2 is 1.70 bits per heavy atom. The van der Waals surface area contributed by atoms with Gasteiger partial charge in [0.05, 0.1) is 0 Å². The van der Waals surface area contributed by atoms with E-state index in [-0.39, 0.29) is 29.2 Å². The minimum Gasteiger partial charge on any atom is -0.369 e. The molecule has 20 heavy (non-hydrogen) atoms. The quantitative estimate of drug-likeness (QED) is 0.719. The fourth-order valence-corrected chi connectivity index (χ4v) is 2.39. The van der Waals surface area contributed by atoms with Crippen molar-refractivity contribution in [1.29, 1.82) is 0 Å². The van der Waals surface area contributed by atoms with Gasteiger partial charge in [-0.15, -0.1) is 0 Å². The van der Waals surface area contributed by atoms with E-state index in [4.69, 9.17) is 5.73 Å². The van der Waals surface area contributed by atoms with Crippen molar-refractivity contribution in [3.05, 3.63) is 0 Å². The molecule has 3 N–H and O–H groups in total. The molecule has 0 radical (unpaired) electrons. The molecule has 0 aromatic rings. The van der Waals surface area contributed by atoms with Crippen LogP contribution in [-0.2, 0) is 9.59 Å². The molecule has 0 aliphatic heterocycles. The van der Waals surface area contributed by atoms with Gasteiger partial charge in [-0.25, -0.2) is 0 Å². The van der Waals surface area contributed by atoms with E-state index in [9.17, 15) is 9.59 Å². The molecule has 0 aromatic heterocycles. The molecule has 0 spiro atoms. The van der Waals surface area contributed by atoms with Gasteiger partial charge in [-0.2, -0.15) is 0 Å². The number of nitrogens with one attached hydrogen (secondary N) is 1. The highest BCUT2D eigenvalue weighted by atomic mass is 16.2. The Morgan fingerprint density at radius 1 is 1.15 bits per heavy atom. The predicted octanol–water partition coefficient (Wildman–Crippen LogP) is 2.86. The molecule has 4 nitrogen and oxygen atoms in total. The zero-order valence-corrected chi connectivity index (χ0v) is 14.0. The number of rotatable bonds is 8. The summed E-state index contributed by atoms with van der Waals surface area (Å²) in [4.78, 5) is 24.2. The number of hydrogen-bond acceptors (Lipinski definition) is 2. The van der Waals surface area contributed by atoms with Crippen molar-refractivity contribution in [2.45, 2.75) is 72.8 Å². The first-order chi connectivity index (χ1) is 9.08. The van der Waals surface area contributed by atoms with Crippen molar-refractivity contribution < 1.29 is 9.59 Å². The molecule has 0 saturated heterocycles. The fourth-order valence-electron chi connectivity index (χ4n) is 2.39. The Hall–Kier alpha value is -1.06. The summed E-state index contributed by atoms with van der Waals surface area (Å²) >= 11 is 0. The standard InChI is InChI=1S/C16H32N2O2/c1-7-8-9-12(14(17)19)13(10-11(2)3)15(20)18-16(4,5)6/h11-13H,7-10H2,1-6H3,(H2,17,19)(H,18,20)/t12-,13?/m0/s1. The van der Waals surface area contributed by atoms with Crippen LogP contribution in [0.5, 0.6) is 0 Å². The van der Waals surface area contributed by atoms with Crippen LogP contribution in [0.3, 0.4) is 0 Å². The number of primary amides is 1. The van der Waals surface area contributed by atoms with Crippen molar-refractivity contribution in [2.75, 3.05) is 0 Å². The number of carbonyl (C=O) groups is 2. The minimum atomic E-state index is -0.361. The van der Waals surface area contributed by atoms with Crippen LogP contribution in [0.15, 0.2) is 0 Å². The van der Waals surface area contributed by atoms with Gasteiger partial charge in [0.1, 0.15) is 0 Å². The van der Waals surface area contributed by atoms with E-state index < -0.39 is 0 Å². The lowest BCUT2D eigenvalue weighted by Gasteiger charge is -2.29. The Bertz CT molecular complexity index is 319. The second kappa shape index (κ2) is 8.28. The zero-order chi connectivity index (χ0) is 15.9. The van der Waals surface area contributed by atoms with Crippen LogP contribution in [0.2, 0.25) is 0 Å². The summed E-state index contributed by atoms with van der Waals surface area (Å²) in [6.45, 7) is 12.0. The number of unbranched alkanes of at least 4 members (excludes halogenated alkanes) is 1. The van der Waals surface area contributed by atoms with Crippen LogP contribution in [0.25, 0.3) is 0 Å². The van der Waals surface area contributed by atoms with Crippen LogP contribution >= 0.6 is 0 Å². The highest BCUT2D eigenvalue weighted by molar-refractivity contribution is 5.87. The van der Waals surface area contributed by atoms with Gasteiger partial charge in [-0.1, -0.05) is 33.6 Å². The molecular formula is C16H32N2O2. The molecule has 2 atom stereocenters. The lowest BCUT2D eigenvalue weighted by Crippen LogP contribution is -2.48. The number of amides is 2. The molecule has 1 unspecified atom stereocenters. The Labute approximate surface area is 123 Å². The summed E-state index contributed by atoms with van der Waals surface area (Å²) in [5, 5.41) is 2.99. The van der Waals surface area contributed by atoms with E-state index in [1.54, 1.807) is 0 Å². The predicted molar refractivity (Wildman–Crippen MR) is 83.1 cm³/mol. The summed E-state index contributed by atoms with van der Waals surface area (Å²) in [6, 6.07) is 0. The van der Waals surface area contributed by atoms with Gasteiger partial charge in [-0.3, -0.25) is 9.59 Å². The van der Waals surface area contributed by atoms with Crippen LogP contribution in [0.4, 0.5) is 0 Å². The largest absolute Gasteiger partial charge is 0.369 e. The number of nitrogens with two attached hydrogens (primary N) is 1. The maximum absolute atomic E-state index is 12.5. The summed E-state index contributed by atoms with van der Waals surface area (Å²) < 4.78 is 0.